The number of carbonyl (C=O) groups excluding carboxylic acids is 1. The molecule has 0 bridgehead atoms. The molecule has 1 N–H and O–H groups in total. The summed E-state index contributed by atoms with van der Waals surface area (Å²) in [6.45, 7) is 5.21. The molecule has 1 amide bonds. The van der Waals surface area contributed by atoms with Crippen LogP contribution >= 0.6 is 0 Å². The van der Waals surface area contributed by atoms with Crippen molar-refractivity contribution in [3.63, 3.8) is 0 Å². The molecule has 0 aliphatic carbocycles. The summed E-state index contributed by atoms with van der Waals surface area (Å²) in [4.78, 5) is 30.8. The molecule has 0 atom stereocenters. The van der Waals surface area contributed by atoms with Crippen LogP contribution in [0.1, 0.15) is 30.9 Å². The van der Waals surface area contributed by atoms with E-state index in [4.69, 9.17) is 18.6 Å². The van der Waals surface area contributed by atoms with Gasteiger partial charge in [0.1, 0.15) is 28.5 Å². The molecule has 0 saturated carbocycles. The minimum atomic E-state index is -1.52. The van der Waals surface area contributed by atoms with Gasteiger partial charge >= 0.3 is 12.1 Å². The van der Waals surface area contributed by atoms with E-state index in [0.717, 1.165) is 17.0 Å². The number of carbonyl (C=O) groups is 2. The summed E-state index contributed by atoms with van der Waals surface area (Å²) < 4.78 is 22.3. The minimum Gasteiger partial charge on any atom is -0.497 e. The normalized spacial score (nSPS) is 11.1. The highest BCUT2D eigenvalue weighted by Crippen LogP contribution is 2.25. The highest BCUT2D eigenvalue weighted by atomic mass is 16.6. The molecular weight excluding hydrogens is 512 g/mol. The summed E-state index contributed by atoms with van der Waals surface area (Å²) in [6, 6.07) is 23.3. The number of ether oxygens (including phenoxy) is 3. The van der Waals surface area contributed by atoms with Crippen LogP contribution in [0.15, 0.2) is 83.3 Å². The molecular formula is C31H32N2O7. The van der Waals surface area contributed by atoms with Crippen molar-refractivity contribution in [2.75, 3.05) is 13.7 Å². The Balaban J connectivity index is 1.38. The number of nitrogens with zero attached hydrogens (tertiary/aromatic N) is 2. The predicted octanol–water partition coefficient (Wildman–Crippen LogP) is 6.14. The van der Waals surface area contributed by atoms with Crippen molar-refractivity contribution < 1.29 is 33.3 Å². The van der Waals surface area contributed by atoms with Crippen LogP contribution in [0.5, 0.6) is 17.2 Å². The van der Waals surface area contributed by atoms with Gasteiger partial charge in [-0.15, -0.1) is 0 Å². The van der Waals surface area contributed by atoms with Gasteiger partial charge in [0.2, 0.25) is 5.89 Å². The summed E-state index contributed by atoms with van der Waals surface area (Å²) in [6.07, 6.45) is -0.211. The van der Waals surface area contributed by atoms with Crippen LogP contribution in [0.4, 0.5) is 4.79 Å². The summed E-state index contributed by atoms with van der Waals surface area (Å²) in [5.41, 5.74) is 0.944. The average Bonchev–Trinajstić information content (AvgIpc) is 3.33. The third-order valence-electron chi connectivity index (χ3n) is 6.47. The fourth-order valence-corrected chi connectivity index (χ4v) is 3.91. The van der Waals surface area contributed by atoms with Gasteiger partial charge in [0, 0.05) is 12.0 Å². The van der Waals surface area contributed by atoms with Crippen LogP contribution in [0.2, 0.25) is 0 Å². The molecule has 40 heavy (non-hydrogen) atoms. The Morgan fingerprint density at radius 2 is 1.55 bits per heavy atom. The van der Waals surface area contributed by atoms with Gasteiger partial charge in [-0.2, -0.15) is 0 Å². The molecule has 0 saturated heterocycles. The maximum Gasteiger partial charge on any atom is 0.416 e. The van der Waals surface area contributed by atoms with Gasteiger partial charge in [0.15, 0.2) is 0 Å². The minimum absolute atomic E-state index is 0.0228. The number of benzene rings is 3. The summed E-state index contributed by atoms with van der Waals surface area (Å²) in [5, 5.41) is 9.80. The van der Waals surface area contributed by atoms with Crippen LogP contribution in [-0.4, -0.2) is 46.3 Å². The van der Waals surface area contributed by atoms with E-state index in [1.165, 1.54) is 25.9 Å². The first-order valence-corrected chi connectivity index (χ1v) is 12.8. The van der Waals surface area contributed by atoms with Crippen LogP contribution in [0.25, 0.3) is 11.5 Å². The van der Waals surface area contributed by atoms with E-state index in [0.29, 0.717) is 36.0 Å². The molecule has 1 aromatic heterocycles. The highest BCUT2D eigenvalue weighted by molar-refractivity contribution is 5.84. The number of rotatable bonds is 11. The third kappa shape index (κ3) is 6.79. The van der Waals surface area contributed by atoms with Crippen molar-refractivity contribution in [1.82, 2.24) is 9.88 Å². The fourth-order valence-electron chi connectivity index (χ4n) is 3.91. The number of methoxy groups -OCH3 is 1. The van der Waals surface area contributed by atoms with Gasteiger partial charge in [-0.25, -0.2) is 14.6 Å². The van der Waals surface area contributed by atoms with Gasteiger partial charge in [-0.1, -0.05) is 30.3 Å². The van der Waals surface area contributed by atoms with Crippen molar-refractivity contribution in [1.29, 1.82) is 0 Å². The molecule has 0 radical (unpaired) electrons. The van der Waals surface area contributed by atoms with Gasteiger partial charge in [0.25, 0.3) is 0 Å². The Kier molecular flexibility index (Phi) is 8.73. The number of aryl methyl sites for hydroxylation is 1. The van der Waals surface area contributed by atoms with E-state index in [2.05, 4.69) is 4.98 Å². The van der Waals surface area contributed by atoms with E-state index < -0.39 is 17.6 Å². The SMILES string of the molecule is COc1ccc(OC(=O)N(Cc2ccc(OCCc3nc(-c4ccccc4)oc3C)cc2)C(C)(C)C(=O)O)cc1. The molecule has 0 aliphatic heterocycles. The average molecular weight is 545 g/mol. The van der Waals surface area contributed by atoms with Crippen LogP contribution in [0, 0.1) is 6.92 Å². The van der Waals surface area contributed by atoms with Crippen LogP contribution < -0.4 is 14.2 Å². The second-order valence-electron chi connectivity index (χ2n) is 9.62. The molecule has 0 spiro atoms. The Bertz CT molecular complexity index is 1430. The van der Waals surface area contributed by atoms with E-state index in [1.54, 1.807) is 48.5 Å². The number of hydrogen-bond acceptors (Lipinski definition) is 7. The number of oxazole rings is 1. The second-order valence-corrected chi connectivity index (χ2v) is 9.62. The molecule has 4 aromatic rings. The van der Waals surface area contributed by atoms with E-state index in [1.807, 2.05) is 37.3 Å². The first-order chi connectivity index (χ1) is 19.2. The molecule has 0 fully saturated rings. The summed E-state index contributed by atoms with van der Waals surface area (Å²) in [5.74, 6) is 1.70. The van der Waals surface area contributed by atoms with Crippen molar-refractivity contribution in [3.05, 3.63) is 95.9 Å². The number of amides is 1. The van der Waals surface area contributed by atoms with Crippen molar-refractivity contribution >= 4 is 12.1 Å². The molecule has 9 heteroatoms. The molecule has 1 heterocycles. The molecule has 9 nitrogen and oxygen atoms in total. The summed E-state index contributed by atoms with van der Waals surface area (Å²) >= 11 is 0. The lowest BCUT2D eigenvalue weighted by Gasteiger charge is -2.34. The van der Waals surface area contributed by atoms with Gasteiger partial charge in [-0.3, -0.25) is 4.90 Å². The number of aliphatic carboxylic acids is 1. The second kappa shape index (κ2) is 12.4. The smallest absolute Gasteiger partial charge is 0.416 e. The van der Waals surface area contributed by atoms with E-state index in [9.17, 15) is 14.7 Å². The third-order valence-corrected chi connectivity index (χ3v) is 6.47. The quantitative estimate of drug-likeness (QED) is 0.240. The predicted molar refractivity (Wildman–Crippen MR) is 149 cm³/mol. The Morgan fingerprint density at radius 1 is 0.925 bits per heavy atom. The zero-order valence-electron chi connectivity index (χ0n) is 22.9. The fraction of sp³-hybridized carbons (Fsp3) is 0.258. The van der Waals surface area contributed by atoms with E-state index >= 15 is 0 Å². The van der Waals surface area contributed by atoms with Crippen LogP contribution in [0.3, 0.4) is 0 Å². The van der Waals surface area contributed by atoms with Crippen molar-refractivity contribution in [3.8, 4) is 28.7 Å². The number of carboxylic acid groups (broad SMARTS) is 1. The van der Waals surface area contributed by atoms with Crippen molar-refractivity contribution in [2.45, 2.75) is 39.3 Å². The zero-order valence-corrected chi connectivity index (χ0v) is 22.9. The Hall–Kier alpha value is -4.79. The van der Waals surface area contributed by atoms with E-state index in [-0.39, 0.29) is 12.3 Å². The molecule has 3 aromatic carbocycles. The molecule has 208 valence electrons. The maximum atomic E-state index is 13.1. The first kappa shape index (κ1) is 28.2. The van der Waals surface area contributed by atoms with Gasteiger partial charge in [0.05, 0.1) is 26.0 Å². The van der Waals surface area contributed by atoms with Crippen LogP contribution in [-0.2, 0) is 17.8 Å². The molecule has 0 unspecified atom stereocenters. The molecule has 0 aliphatic rings. The topological polar surface area (TPSA) is 111 Å². The lowest BCUT2D eigenvalue weighted by molar-refractivity contribution is -0.148. The lowest BCUT2D eigenvalue weighted by atomic mass is 10.0. The highest BCUT2D eigenvalue weighted by Gasteiger charge is 2.39. The Morgan fingerprint density at radius 3 is 2.17 bits per heavy atom. The number of aromatic nitrogens is 1. The number of hydrogen-bond donors (Lipinski definition) is 1. The zero-order chi connectivity index (χ0) is 28.7. The van der Waals surface area contributed by atoms with Crippen molar-refractivity contribution in [2.24, 2.45) is 0 Å². The molecule has 4 rings (SSSR count). The lowest BCUT2D eigenvalue weighted by Crippen LogP contribution is -2.53. The first-order valence-electron chi connectivity index (χ1n) is 12.8. The van der Waals surface area contributed by atoms with Gasteiger partial charge in [-0.05, 0) is 74.9 Å². The summed E-state index contributed by atoms with van der Waals surface area (Å²) in [7, 11) is 1.54. The monoisotopic (exact) mass is 544 g/mol. The maximum absolute atomic E-state index is 13.1. The largest absolute Gasteiger partial charge is 0.497 e. The number of carboxylic acids is 1. The Labute approximate surface area is 232 Å². The van der Waals surface area contributed by atoms with Gasteiger partial charge < -0.3 is 23.7 Å². The standard InChI is InChI=1S/C31H32N2O7/c1-21-27(32-28(39-21)23-8-6-5-7-9-23)18-19-38-25-12-10-22(11-13-25)20-33(31(2,3)29(34)35)30(36)40-26-16-14-24(37-4)15-17-26/h5-17H,18-20H2,1-4H3,(H,34,35).